The summed E-state index contributed by atoms with van der Waals surface area (Å²) < 4.78 is 11.2. The van der Waals surface area contributed by atoms with E-state index in [1.165, 1.54) is 12.5 Å². The second kappa shape index (κ2) is 9.90. The summed E-state index contributed by atoms with van der Waals surface area (Å²) >= 11 is 0. The van der Waals surface area contributed by atoms with Gasteiger partial charge in [0.15, 0.2) is 0 Å². The molecule has 4 unspecified atom stereocenters. The summed E-state index contributed by atoms with van der Waals surface area (Å²) in [5.74, 6) is -0.569. The fourth-order valence-electron chi connectivity index (χ4n) is 3.80. The van der Waals surface area contributed by atoms with Crippen molar-refractivity contribution >= 4 is 5.97 Å². The molecule has 0 aromatic heterocycles. The largest absolute Gasteiger partial charge is 0.462 e. The van der Waals surface area contributed by atoms with E-state index in [1.54, 1.807) is 6.26 Å². The van der Waals surface area contributed by atoms with Crippen molar-refractivity contribution in [1.82, 2.24) is 0 Å². The van der Waals surface area contributed by atoms with Gasteiger partial charge in [0.1, 0.15) is 0 Å². The van der Waals surface area contributed by atoms with E-state index in [0.29, 0.717) is 6.42 Å². The van der Waals surface area contributed by atoms with Gasteiger partial charge in [-0.15, -0.1) is 0 Å². The minimum Gasteiger partial charge on any atom is -0.462 e. The summed E-state index contributed by atoms with van der Waals surface area (Å²) in [6.45, 7) is 9.55. The molecule has 150 valence electrons. The van der Waals surface area contributed by atoms with Gasteiger partial charge in [0.2, 0.25) is 6.29 Å². The molecule has 0 fully saturated rings. The summed E-state index contributed by atoms with van der Waals surface area (Å²) in [6.07, 6.45) is 8.07. The zero-order chi connectivity index (χ0) is 20.0. The number of hydrogen-bond acceptors (Lipinski definition) is 5. The Morgan fingerprint density at radius 1 is 1.44 bits per heavy atom. The van der Waals surface area contributed by atoms with Crippen LogP contribution in [0.1, 0.15) is 52.9 Å². The molecule has 0 radical (unpaired) electrons. The summed E-state index contributed by atoms with van der Waals surface area (Å²) in [6, 6.07) is 0. The van der Waals surface area contributed by atoms with Crippen LogP contribution >= 0.6 is 0 Å². The van der Waals surface area contributed by atoms with Crippen molar-refractivity contribution in [3.63, 3.8) is 0 Å². The molecule has 27 heavy (non-hydrogen) atoms. The number of fused-ring (bicyclic) bond motifs is 1. The molecule has 2 aliphatic rings. The maximum atomic E-state index is 11.5. The lowest BCUT2D eigenvalue weighted by Crippen LogP contribution is -2.40. The molecular weight excluding hydrogens is 344 g/mol. The number of rotatable bonds is 5. The fourth-order valence-corrected chi connectivity index (χ4v) is 3.80. The molecule has 0 saturated heterocycles. The van der Waals surface area contributed by atoms with Gasteiger partial charge in [0.05, 0.1) is 24.9 Å². The highest BCUT2D eigenvalue weighted by Crippen LogP contribution is 2.43. The lowest BCUT2D eigenvalue weighted by Gasteiger charge is -2.39. The molecule has 0 amide bonds. The molecule has 5 heteroatoms. The quantitative estimate of drug-likeness (QED) is 0.564. The molecule has 1 heterocycles. The summed E-state index contributed by atoms with van der Waals surface area (Å²) in [5, 5.41) is 20.0. The first kappa shape index (κ1) is 21.5. The molecule has 1 aliphatic heterocycles. The van der Waals surface area contributed by atoms with E-state index < -0.39 is 12.4 Å². The summed E-state index contributed by atoms with van der Waals surface area (Å²) in [4.78, 5) is 11.5. The number of esters is 1. The van der Waals surface area contributed by atoms with Crippen molar-refractivity contribution in [2.24, 2.45) is 11.8 Å². The number of hydrogen-bond donors (Lipinski definition) is 2. The van der Waals surface area contributed by atoms with E-state index in [9.17, 15) is 15.0 Å². The van der Waals surface area contributed by atoms with Crippen LogP contribution in [-0.4, -0.2) is 35.2 Å². The summed E-state index contributed by atoms with van der Waals surface area (Å²) in [7, 11) is 0. The van der Waals surface area contributed by atoms with Crippen molar-refractivity contribution in [3.05, 3.63) is 47.3 Å². The lowest BCUT2D eigenvalue weighted by molar-refractivity contribution is -0.180. The number of allylic oxidation sites excluding steroid dienone is 2. The van der Waals surface area contributed by atoms with Gasteiger partial charge in [-0.3, -0.25) is 4.79 Å². The van der Waals surface area contributed by atoms with Gasteiger partial charge in [-0.25, -0.2) is 0 Å². The molecule has 0 saturated carbocycles. The van der Waals surface area contributed by atoms with E-state index in [2.05, 4.69) is 19.6 Å². The normalized spacial score (nSPS) is 27.8. The first-order valence-electron chi connectivity index (χ1n) is 9.64. The van der Waals surface area contributed by atoms with E-state index in [-0.39, 0.29) is 24.4 Å². The van der Waals surface area contributed by atoms with Gasteiger partial charge in [-0.2, -0.15) is 0 Å². The molecule has 2 N–H and O–H groups in total. The highest BCUT2D eigenvalue weighted by molar-refractivity contribution is 5.66. The van der Waals surface area contributed by atoms with Gasteiger partial charge in [-0.1, -0.05) is 35.5 Å². The number of aliphatic hydroxyl groups is 2. The first-order chi connectivity index (χ1) is 12.8. The SMILES string of the molecule is C=C1CCC=C(C)CCC2C(C(O)CC=C(C)CO)=COC(OC(C)=O)C12. The minimum atomic E-state index is -0.713. The van der Waals surface area contributed by atoms with Crippen molar-refractivity contribution in [2.75, 3.05) is 6.61 Å². The fraction of sp³-hybridized carbons (Fsp3) is 0.591. The molecule has 0 bridgehead atoms. The predicted molar refractivity (Wildman–Crippen MR) is 105 cm³/mol. The van der Waals surface area contributed by atoms with Crippen LogP contribution in [0.2, 0.25) is 0 Å². The standard InChI is InChI=1S/C22H32O5/c1-14-6-5-7-16(3)21-18(10-8-14)19(13-26-22(21)27-17(4)24)20(25)11-9-15(2)12-23/h6,9,13,18,20-23,25H,3,5,7-8,10-12H2,1-2,4H3. The van der Waals surface area contributed by atoms with Crippen molar-refractivity contribution in [1.29, 1.82) is 0 Å². The Labute approximate surface area is 162 Å². The van der Waals surface area contributed by atoms with Crippen molar-refractivity contribution in [3.8, 4) is 0 Å². The number of carbonyl (C=O) groups excluding carboxylic acids is 1. The molecule has 0 aromatic rings. The highest BCUT2D eigenvalue weighted by atomic mass is 16.7. The number of aliphatic hydroxyl groups excluding tert-OH is 2. The Balaban J connectivity index is 2.33. The zero-order valence-electron chi connectivity index (χ0n) is 16.6. The van der Waals surface area contributed by atoms with Crippen molar-refractivity contribution in [2.45, 2.75) is 65.3 Å². The van der Waals surface area contributed by atoms with Gasteiger partial charge >= 0.3 is 5.97 Å². The third-order valence-corrected chi connectivity index (χ3v) is 5.38. The van der Waals surface area contributed by atoms with Gasteiger partial charge < -0.3 is 19.7 Å². The Hall–Kier alpha value is -1.85. The number of carbonyl (C=O) groups is 1. The Kier molecular flexibility index (Phi) is 7.87. The molecule has 4 atom stereocenters. The molecule has 0 spiro atoms. The van der Waals surface area contributed by atoms with Crippen LogP contribution in [0, 0.1) is 11.8 Å². The minimum absolute atomic E-state index is 0.00474. The van der Waals surface area contributed by atoms with Crippen LogP contribution in [-0.2, 0) is 14.3 Å². The second-order valence-corrected chi connectivity index (χ2v) is 7.61. The van der Waals surface area contributed by atoms with Gasteiger partial charge in [0, 0.05) is 6.92 Å². The third-order valence-electron chi connectivity index (χ3n) is 5.38. The van der Waals surface area contributed by atoms with Gasteiger partial charge in [-0.05, 0) is 57.4 Å². The molecule has 1 aliphatic carbocycles. The van der Waals surface area contributed by atoms with E-state index in [0.717, 1.165) is 42.4 Å². The van der Waals surface area contributed by atoms with E-state index >= 15 is 0 Å². The van der Waals surface area contributed by atoms with Gasteiger partial charge in [0.25, 0.3) is 0 Å². The average Bonchev–Trinajstić information content (AvgIpc) is 2.69. The highest BCUT2D eigenvalue weighted by Gasteiger charge is 2.41. The maximum absolute atomic E-state index is 11.5. The third kappa shape index (κ3) is 5.81. The molecular formula is C22H32O5. The van der Waals surface area contributed by atoms with E-state index in [4.69, 9.17) is 9.47 Å². The Morgan fingerprint density at radius 2 is 2.19 bits per heavy atom. The van der Waals surface area contributed by atoms with Crippen LogP contribution in [0.4, 0.5) is 0 Å². The van der Waals surface area contributed by atoms with Crippen LogP contribution in [0.3, 0.4) is 0 Å². The second-order valence-electron chi connectivity index (χ2n) is 7.61. The lowest BCUT2D eigenvalue weighted by atomic mass is 9.74. The molecule has 5 nitrogen and oxygen atoms in total. The van der Waals surface area contributed by atoms with E-state index in [1.807, 2.05) is 13.0 Å². The Morgan fingerprint density at radius 3 is 2.85 bits per heavy atom. The van der Waals surface area contributed by atoms with Crippen LogP contribution in [0.5, 0.6) is 0 Å². The first-order valence-corrected chi connectivity index (χ1v) is 9.64. The van der Waals surface area contributed by atoms with Crippen molar-refractivity contribution < 1.29 is 24.5 Å². The topological polar surface area (TPSA) is 76.0 Å². The maximum Gasteiger partial charge on any atom is 0.305 e. The van der Waals surface area contributed by atoms with Crippen LogP contribution in [0.25, 0.3) is 0 Å². The number of ether oxygens (including phenoxy) is 2. The Bertz CT molecular complexity index is 643. The average molecular weight is 376 g/mol. The monoisotopic (exact) mass is 376 g/mol. The predicted octanol–water partition coefficient (Wildman–Crippen LogP) is 3.79. The smallest absolute Gasteiger partial charge is 0.305 e. The summed E-state index contributed by atoms with van der Waals surface area (Å²) in [5.41, 5.74) is 3.93. The molecule has 0 aromatic carbocycles. The van der Waals surface area contributed by atoms with Crippen LogP contribution in [0.15, 0.2) is 47.3 Å². The van der Waals surface area contributed by atoms with Crippen LogP contribution < -0.4 is 0 Å². The zero-order valence-corrected chi connectivity index (χ0v) is 16.6. The molecule has 2 rings (SSSR count).